The fourth-order valence-electron chi connectivity index (χ4n) is 0.514. The number of unbranched alkanes of at least 4 members (excludes halogenated alkanes) is 2. The fraction of sp³-hybridized carbons (Fsp3) is 0.600. The van der Waals surface area contributed by atoms with Crippen LogP contribution in [-0.4, -0.2) is 12.5 Å². The van der Waals surface area contributed by atoms with Gasteiger partial charge in [-0.2, -0.15) is 11.8 Å². The van der Waals surface area contributed by atoms with E-state index >= 15 is 0 Å². The van der Waals surface area contributed by atoms with Gasteiger partial charge in [0, 0.05) is 0 Å². The van der Waals surface area contributed by atoms with Gasteiger partial charge < -0.3 is 0 Å². The smallest absolute Gasteiger partial charge is 0.0187 e. The van der Waals surface area contributed by atoms with Crippen LogP contribution in [0.3, 0.4) is 0 Å². The third-order valence-corrected chi connectivity index (χ3v) is 0.997. The molecule has 0 saturated heterocycles. The number of thioether (sulfide) groups is 1. The van der Waals surface area contributed by atoms with Crippen LogP contribution in [0.1, 0.15) is 26.2 Å². The van der Waals surface area contributed by atoms with Crippen LogP contribution in [0, 0.1) is 0 Å². The largest absolute Gasteiger partial charge is 0.169 e. The summed E-state index contributed by atoms with van der Waals surface area (Å²) in [6.45, 7) is 5.77. The predicted octanol–water partition coefficient (Wildman–Crippen LogP) is 3.90. The van der Waals surface area contributed by atoms with Gasteiger partial charge in [-0.05, 0) is 18.9 Å². The average molecular weight is 172 g/mol. The summed E-state index contributed by atoms with van der Waals surface area (Å²) in [5.41, 5.74) is 0. The van der Waals surface area contributed by atoms with E-state index in [1.54, 1.807) is 11.8 Å². The molecule has 1 heteroatoms. The maximum atomic E-state index is 3.57. The molecular weight excluding hydrogens is 152 g/mol. The van der Waals surface area contributed by atoms with E-state index in [0.717, 1.165) is 0 Å². The first-order valence-corrected chi connectivity index (χ1v) is 5.64. The number of hydrogen-bond acceptors (Lipinski definition) is 1. The first kappa shape index (κ1) is 13.4. The summed E-state index contributed by atoms with van der Waals surface area (Å²) in [5, 5.41) is 0. The highest BCUT2D eigenvalue weighted by atomic mass is 32.2. The lowest BCUT2D eigenvalue weighted by atomic mass is 10.2. The van der Waals surface area contributed by atoms with Crippen LogP contribution in [0.4, 0.5) is 0 Å². The van der Waals surface area contributed by atoms with Gasteiger partial charge in [0.1, 0.15) is 0 Å². The Morgan fingerprint density at radius 3 is 2.27 bits per heavy atom. The second kappa shape index (κ2) is 16.4. The predicted molar refractivity (Wildman–Crippen MR) is 58.3 cm³/mol. The molecule has 0 saturated carbocycles. The minimum Gasteiger partial charge on any atom is -0.169 e. The zero-order valence-corrected chi connectivity index (χ0v) is 8.79. The molecular formula is C10H20S. The average Bonchev–Trinajstić information content (AvgIpc) is 2.00. The lowest BCUT2D eigenvalue weighted by Crippen LogP contribution is -1.64. The van der Waals surface area contributed by atoms with E-state index in [0.29, 0.717) is 0 Å². The van der Waals surface area contributed by atoms with Crippen molar-refractivity contribution in [1.29, 1.82) is 0 Å². The Morgan fingerprint density at radius 2 is 1.91 bits per heavy atom. The quantitative estimate of drug-likeness (QED) is 0.458. The molecule has 0 rings (SSSR count). The van der Waals surface area contributed by atoms with E-state index in [1.165, 1.54) is 19.3 Å². The molecule has 0 radical (unpaired) electrons. The van der Waals surface area contributed by atoms with Gasteiger partial charge in [-0.25, -0.2) is 0 Å². The molecule has 0 spiro atoms. The molecule has 0 aliphatic carbocycles. The minimum absolute atomic E-state index is 1.20. The molecule has 0 aliphatic heterocycles. The lowest BCUT2D eigenvalue weighted by molar-refractivity contribution is 0.815. The molecule has 0 unspecified atom stereocenters. The molecule has 0 aromatic heterocycles. The summed E-state index contributed by atoms with van der Waals surface area (Å²) >= 11 is 1.75. The normalized spacial score (nSPS) is 9.00. The molecule has 0 bridgehead atoms. The highest BCUT2D eigenvalue weighted by Crippen LogP contribution is 1.93. The summed E-state index contributed by atoms with van der Waals surface area (Å²) < 4.78 is 0. The first-order valence-electron chi connectivity index (χ1n) is 4.01. The van der Waals surface area contributed by atoms with E-state index in [-0.39, 0.29) is 0 Å². The third kappa shape index (κ3) is 25.8. The standard InChI is InChI=1S/C8H14.C2H6S/c1-3-5-7-8-6-4-2;1-3-2/h3,5,7H,1,4,6,8H2,2H3;1-2H3. The van der Waals surface area contributed by atoms with Crippen molar-refractivity contribution in [2.24, 2.45) is 0 Å². The Hall–Kier alpha value is -0.170. The molecule has 0 atom stereocenters. The third-order valence-electron chi connectivity index (χ3n) is 0.997. The molecule has 0 N–H and O–H groups in total. The van der Waals surface area contributed by atoms with E-state index in [9.17, 15) is 0 Å². The Balaban J connectivity index is 0. The van der Waals surface area contributed by atoms with Gasteiger partial charge in [0.05, 0.1) is 0 Å². The van der Waals surface area contributed by atoms with Crippen molar-refractivity contribution >= 4 is 11.8 Å². The van der Waals surface area contributed by atoms with Gasteiger partial charge in [0.15, 0.2) is 0 Å². The van der Waals surface area contributed by atoms with Crippen LogP contribution in [0.15, 0.2) is 24.8 Å². The molecule has 0 heterocycles. The van der Waals surface area contributed by atoms with E-state index in [4.69, 9.17) is 0 Å². The van der Waals surface area contributed by atoms with Crippen LogP contribution >= 0.6 is 11.8 Å². The van der Waals surface area contributed by atoms with Crippen LogP contribution in [0.25, 0.3) is 0 Å². The lowest BCUT2D eigenvalue weighted by Gasteiger charge is -1.84. The Labute approximate surface area is 75.8 Å². The van der Waals surface area contributed by atoms with Crippen LogP contribution < -0.4 is 0 Å². The van der Waals surface area contributed by atoms with E-state index < -0.39 is 0 Å². The van der Waals surface area contributed by atoms with E-state index in [1.807, 2.05) is 24.7 Å². The monoisotopic (exact) mass is 172 g/mol. The number of allylic oxidation sites excluding steroid dienone is 3. The number of rotatable bonds is 4. The second-order valence-electron chi connectivity index (χ2n) is 2.21. The molecule has 66 valence electrons. The summed E-state index contributed by atoms with van der Waals surface area (Å²) in [5.74, 6) is 0. The second-order valence-corrected chi connectivity index (χ2v) is 3.03. The van der Waals surface area contributed by atoms with Crippen LogP contribution in [-0.2, 0) is 0 Å². The Morgan fingerprint density at radius 1 is 1.36 bits per heavy atom. The molecule has 0 aromatic carbocycles. The van der Waals surface area contributed by atoms with Gasteiger partial charge in [-0.1, -0.05) is 44.6 Å². The summed E-state index contributed by atoms with van der Waals surface area (Å²) in [6.07, 6.45) is 13.8. The van der Waals surface area contributed by atoms with Crippen molar-refractivity contribution in [3.63, 3.8) is 0 Å². The van der Waals surface area contributed by atoms with Crippen molar-refractivity contribution < 1.29 is 0 Å². The highest BCUT2D eigenvalue weighted by Gasteiger charge is 1.73. The molecule has 11 heavy (non-hydrogen) atoms. The molecule has 0 aliphatic rings. The van der Waals surface area contributed by atoms with Gasteiger partial charge in [-0.3, -0.25) is 0 Å². The van der Waals surface area contributed by atoms with Gasteiger partial charge in [-0.15, -0.1) is 0 Å². The highest BCUT2D eigenvalue weighted by molar-refractivity contribution is 7.97. The van der Waals surface area contributed by atoms with Gasteiger partial charge in [0.2, 0.25) is 0 Å². The summed E-state index contributed by atoms with van der Waals surface area (Å²) in [4.78, 5) is 0. The topological polar surface area (TPSA) is 0 Å². The van der Waals surface area contributed by atoms with Crippen molar-refractivity contribution in [1.82, 2.24) is 0 Å². The molecule has 0 aromatic rings. The SMILES string of the molecule is C=CC=CCCCC.CSC. The molecule has 0 fully saturated rings. The van der Waals surface area contributed by atoms with Crippen LogP contribution in [0.2, 0.25) is 0 Å². The van der Waals surface area contributed by atoms with Crippen LogP contribution in [0.5, 0.6) is 0 Å². The first-order chi connectivity index (χ1) is 5.33. The number of hydrogen-bond donors (Lipinski definition) is 0. The van der Waals surface area contributed by atoms with Crippen molar-refractivity contribution in [3.8, 4) is 0 Å². The van der Waals surface area contributed by atoms with Crippen molar-refractivity contribution in [2.75, 3.05) is 12.5 Å². The summed E-state index contributed by atoms with van der Waals surface area (Å²) in [7, 11) is 0. The molecule has 0 amide bonds. The van der Waals surface area contributed by atoms with Crippen molar-refractivity contribution in [2.45, 2.75) is 26.2 Å². The Bertz CT molecular complexity index is 84.9. The maximum absolute atomic E-state index is 3.57. The fourth-order valence-corrected chi connectivity index (χ4v) is 0.514. The van der Waals surface area contributed by atoms with Gasteiger partial charge >= 0.3 is 0 Å². The summed E-state index contributed by atoms with van der Waals surface area (Å²) in [6, 6.07) is 0. The minimum atomic E-state index is 1.20. The zero-order chi connectivity index (χ0) is 8.95. The maximum Gasteiger partial charge on any atom is -0.0187 e. The zero-order valence-electron chi connectivity index (χ0n) is 7.97. The molecule has 0 nitrogen and oxygen atoms in total. The van der Waals surface area contributed by atoms with E-state index in [2.05, 4.69) is 19.6 Å². The van der Waals surface area contributed by atoms with Gasteiger partial charge in [0.25, 0.3) is 0 Å². The van der Waals surface area contributed by atoms with Crippen molar-refractivity contribution in [3.05, 3.63) is 24.8 Å². The Kier molecular flexibility index (Phi) is 20.0.